The first-order chi connectivity index (χ1) is 10.8. The van der Waals surface area contributed by atoms with Gasteiger partial charge in [0, 0.05) is 5.56 Å². The van der Waals surface area contributed by atoms with Gasteiger partial charge in [-0.3, -0.25) is 0 Å². The van der Waals surface area contributed by atoms with Gasteiger partial charge in [-0.2, -0.15) is 13.2 Å². The molecule has 0 radical (unpaired) electrons. The van der Waals surface area contributed by atoms with Gasteiger partial charge in [-0.05, 0) is 26.8 Å². The van der Waals surface area contributed by atoms with E-state index in [1.165, 1.54) is 6.33 Å². The van der Waals surface area contributed by atoms with E-state index in [4.69, 9.17) is 4.42 Å². The van der Waals surface area contributed by atoms with Crippen LogP contribution >= 0.6 is 0 Å². The number of imidazole rings is 1. The Bertz CT molecular complexity index is 852. The summed E-state index contributed by atoms with van der Waals surface area (Å²) in [6, 6.07) is 1.54. The number of furan rings is 1. The summed E-state index contributed by atoms with van der Waals surface area (Å²) in [5, 5.41) is 2.97. The van der Waals surface area contributed by atoms with Gasteiger partial charge in [0.05, 0.1) is 12.4 Å². The van der Waals surface area contributed by atoms with Crippen LogP contribution in [0.25, 0.3) is 11.2 Å². The van der Waals surface area contributed by atoms with E-state index in [1.54, 1.807) is 6.92 Å². The average molecular weight is 325 g/mol. The topological polar surface area (TPSA) is 79.6 Å². The monoisotopic (exact) mass is 325 g/mol. The Morgan fingerprint density at radius 3 is 2.61 bits per heavy atom. The molecule has 0 aromatic carbocycles. The van der Waals surface area contributed by atoms with E-state index >= 15 is 0 Å². The number of anilines is 1. The summed E-state index contributed by atoms with van der Waals surface area (Å²) in [5.41, 5.74) is 1.13. The largest absolute Gasteiger partial charge is 0.466 e. The van der Waals surface area contributed by atoms with Crippen LogP contribution in [0.3, 0.4) is 0 Å². The van der Waals surface area contributed by atoms with Crippen LogP contribution in [0.1, 0.15) is 35.9 Å². The Kier molecular flexibility index (Phi) is 3.50. The third kappa shape index (κ3) is 2.86. The number of rotatable bonds is 3. The summed E-state index contributed by atoms with van der Waals surface area (Å²) in [6.45, 7) is 5.42. The van der Waals surface area contributed by atoms with Gasteiger partial charge >= 0.3 is 6.18 Å². The Hall–Kier alpha value is -2.58. The predicted octanol–water partition coefficient (Wildman–Crippen LogP) is 3.75. The normalized spacial score (nSPS) is 13.5. The third-order valence-electron chi connectivity index (χ3n) is 3.44. The van der Waals surface area contributed by atoms with Gasteiger partial charge in [0.1, 0.15) is 17.0 Å². The summed E-state index contributed by atoms with van der Waals surface area (Å²) in [6.07, 6.45) is -3.36. The van der Waals surface area contributed by atoms with E-state index in [0.717, 1.165) is 11.3 Å². The smallest absolute Gasteiger partial charge is 0.451 e. The molecule has 6 nitrogen and oxygen atoms in total. The summed E-state index contributed by atoms with van der Waals surface area (Å²) in [5.74, 6) is 0.252. The van der Waals surface area contributed by atoms with Crippen LogP contribution in [-0.4, -0.2) is 19.9 Å². The molecule has 0 saturated carbocycles. The number of hydrogen-bond acceptors (Lipinski definition) is 5. The molecule has 23 heavy (non-hydrogen) atoms. The molecule has 2 N–H and O–H groups in total. The van der Waals surface area contributed by atoms with Crippen molar-refractivity contribution in [3.05, 3.63) is 35.3 Å². The number of H-pyrrole nitrogens is 1. The molecule has 9 heteroatoms. The van der Waals surface area contributed by atoms with E-state index in [9.17, 15) is 13.2 Å². The molecular formula is C14H14F3N5O. The standard InChI is InChI=1S/C14H14F3N5O/c1-6-4-9(8(3)23-6)7(2)20-12-10-11(19-5-18-10)21-13(22-12)14(15,16)17/h4-5,7H,1-3H3,(H2,18,19,20,21,22). The second-order valence-corrected chi connectivity index (χ2v) is 5.23. The van der Waals surface area contributed by atoms with Gasteiger partial charge in [-0.25, -0.2) is 15.0 Å². The summed E-state index contributed by atoms with van der Waals surface area (Å²) >= 11 is 0. The van der Waals surface area contributed by atoms with Crippen molar-refractivity contribution < 1.29 is 17.6 Å². The van der Waals surface area contributed by atoms with Crippen molar-refractivity contribution in [1.82, 2.24) is 19.9 Å². The quantitative estimate of drug-likeness (QED) is 0.766. The minimum absolute atomic E-state index is 0.0397. The number of nitrogens with one attached hydrogen (secondary N) is 2. The molecule has 3 rings (SSSR count). The first-order valence-electron chi connectivity index (χ1n) is 6.87. The highest BCUT2D eigenvalue weighted by Gasteiger charge is 2.36. The van der Waals surface area contributed by atoms with Crippen molar-refractivity contribution in [1.29, 1.82) is 0 Å². The number of aryl methyl sites for hydroxylation is 2. The summed E-state index contributed by atoms with van der Waals surface area (Å²) in [4.78, 5) is 13.6. The van der Waals surface area contributed by atoms with Crippen molar-refractivity contribution in [2.45, 2.75) is 33.0 Å². The Labute approximate surface area is 129 Å². The minimum atomic E-state index is -4.64. The zero-order valence-corrected chi connectivity index (χ0v) is 12.6. The molecule has 122 valence electrons. The summed E-state index contributed by atoms with van der Waals surface area (Å²) < 4.78 is 44.2. The van der Waals surface area contributed by atoms with Crippen molar-refractivity contribution in [2.24, 2.45) is 0 Å². The maximum Gasteiger partial charge on any atom is 0.451 e. The van der Waals surface area contributed by atoms with Crippen molar-refractivity contribution in [3.63, 3.8) is 0 Å². The first kappa shape index (κ1) is 15.3. The molecule has 3 aromatic rings. The SMILES string of the molecule is Cc1cc(C(C)Nc2nc(C(F)(F)F)nc3nc[nH]c23)c(C)o1. The zero-order chi connectivity index (χ0) is 16.8. The molecule has 0 aliphatic heterocycles. The lowest BCUT2D eigenvalue weighted by atomic mass is 10.1. The third-order valence-corrected chi connectivity index (χ3v) is 3.44. The maximum absolute atomic E-state index is 12.9. The van der Waals surface area contributed by atoms with Crippen LogP contribution in [-0.2, 0) is 6.18 Å². The molecule has 0 aliphatic carbocycles. The fraction of sp³-hybridized carbons (Fsp3) is 0.357. The highest BCUT2D eigenvalue weighted by Crippen LogP contribution is 2.31. The molecule has 0 spiro atoms. The van der Waals surface area contributed by atoms with E-state index in [0.29, 0.717) is 11.3 Å². The molecule has 0 amide bonds. The molecule has 3 heterocycles. The Morgan fingerprint density at radius 1 is 1.26 bits per heavy atom. The number of fused-ring (bicyclic) bond motifs is 1. The first-order valence-corrected chi connectivity index (χ1v) is 6.87. The lowest BCUT2D eigenvalue weighted by Crippen LogP contribution is -2.15. The summed E-state index contributed by atoms with van der Waals surface area (Å²) in [7, 11) is 0. The van der Waals surface area contributed by atoms with Crippen molar-refractivity contribution in [2.75, 3.05) is 5.32 Å². The molecule has 0 saturated heterocycles. The van der Waals surface area contributed by atoms with Crippen molar-refractivity contribution >= 4 is 17.0 Å². The van der Waals surface area contributed by atoms with Gasteiger partial charge in [0.25, 0.3) is 0 Å². The number of aromatic amines is 1. The van der Waals surface area contributed by atoms with Gasteiger partial charge in [0.2, 0.25) is 5.82 Å². The molecular weight excluding hydrogens is 311 g/mol. The number of nitrogens with zero attached hydrogens (tertiary/aromatic N) is 3. The van der Waals surface area contributed by atoms with Gasteiger partial charge in [-0.15, -0.1) is 0 Å². The van der Waals surface area contributed by atoms with Crippen LogP contribution < -0.4 is 5.32 Å². The Morgan fingerprint density at radius 2 is 2.00 bits per heavy atom. The zero-order valence-electron chi connectivity index (χ0n) is 12.6. The fourth-order valence-electron chi connectivity index (χ4n) is 2.43. The van der Waals surface area contributed by atoms with Crippen LogP contribution in [0.5, 0.6) is 0 Å². The maximum atomic E-state index is 12.9. The van der Waals surface area contributed by atoms with Crippen LogP contribution in [0.2, 0.25) is 0 Å². The predicted molar refractivity (Wildman–Crippen MR) is 76.9 cm³/mol. The van der Waals surface area contributed by atoms with Crippen molar-refractivity contribution in [3.8, 4) is 0 Å². The highest BCUT2D eigenvalue weighted by atomic mass is 19.4. The van der Waals surface area contributed by atoms with Gasteiger partial charge in [-0.1, -0.05) is 0 Å². The number of alkyl halides is 3. The lowest BCUT2D eigenvalue weighted by molar-refractivity contribution is -0.144. The van der Waals surface area contributed by atoms with E-state index in [-0.39, 0.29) is 17.5 Å². The molecule has 3 aromatic heterocycles. The minimum Gasteiger partial charge on any atom is -0.466 e. The Balaban J connectivity index is 2.02. The lowest BCUT2D eigenvalue weighted by Gasteiger charge is -2.15. The number of hydrogen-bond donors (Lipinski definition) is 2. The van der Waals surface area contributed by atoms with E-state index in [1.807, 2.05) is 19.9 Å². The van der Waals surface area contributed by atoms with E-state index < -0.39 is 12.0 Å². The molecule has 0 bridgehead atoms. The second kappa shape index (κ2) is 5.25. The van der Waals surface area contributed by atoms with Crippen LogP contribution in [0, 0.1) is 13.8 Å². The number of aromatic nitrogens is 4. The second-order valence-electron chi connectivity index (χ2n) is 5.23. The molecule has 1 atom stereocenters. The van der Waals surface area contributed by atoms with Gasteiger partial charge in [0.15, 0.2) is 11.5 Å². The van der Waals surface area contributed by atoms with E-state index in [2.05, 4.69) is 25.3 Å². The fourth-order valence-corrected chi connectivity index (χ4v) is 2.43. The highest BCUT2D eigenvalue weighted by molar-refractivity contribution is 5.82. The molecule has 0 aliphatic rings. The van der Waals surface area contributed by atoms with Crippen LogP contribution in [0.15, 0.2) is 16.8 Å². The van der Waals surface area contributed by atoms with Gasteiger partial charge < -0.3 is 14.7 Å². The van der Waals surface area contributed by atoms with Crippen LogP contribution in [0.4, 0.5) is 19.0 Å². The molecule has 0 fully saturated rings. The number of halogens is 3. The molecule has 1 unspecified atom stereocenters. The average Bonchev–Trinajstić information content (AvgIpc) is 3.03.